The first-order valence-electron chi connectivity index (χ1n) is 5.98. The van der Waals surface area contributed by atoms with E-state index in [9.17, 15) is 9.59 Å². The van der Waals surface area contributed by atoms with E-state index in [-0.39, 0.29) is 0 Å². The SMILES string of the molecule is O=C(O)CNC(=O)c1ccc(Oc2ccccc2)cc1. The third kappa shape index (κ3) is 3.84. The van der Waals surface area contributed by atoms with Crippen LogP contribution in [0, 0.1) is 0 Å². The van der Waals surface area contributed by atoms with Gasteiger partial charge < -0.3 is 15.2 Å². The van der Waals surface area contributed by atoms with Crippen molar-refractivity contribution in [2.45, 2.75) is 0 Å². The van der Waals surface area contributed by atoms with E-state index in [2.05, 4.69) is 5.32 Å². The van der Waals surface area contributed by atoms with Gasteiger partial charge in [0.25, 0.3) is 5.91 Å². The van der Waals surface area contributed by atoms with Crippen molar-refractivity contribution in [2.24, 2.45) is 0 Å². The van der Waals surface area contributed by atoms with Crippen LogP contribution in [-0.4, -0.2) is 23.5 Å². The lowest BCUT2D eigenvalue weighted by molar-refractivity contribution is -0.135. The second kappa shape index (κ2) is 6.38. The Kier molecular flexibility index (Phi) is 4.34. The summed E-state index contributed by atoms with van der Waals surface area (Å²) in [6.45, 7) is -0.402. The molecular weight excluding hydrogens is 258 g/mol. The van der Waals surface area contributed by atoms with Crippen LogP contribution in [0.4, 0.5) is 0 Å². The molecule has 0 aliphatic heterocycles. The van der Waals surface area contributed by atoms with Gasteiger partial charge in [-0.3, -0.25) is 9.59 Å². The molecule has 102 valence electrons. The molecule has 2 N–H and O–H groups in total. The zero-order chi connectivity index (χ0) is 14.4. The summed E-state index contributed by atoms with van der Waals surface area (Å²) in [5.74, 6) is -0.206. The molecule has 0 atom stereocenters. The maximum Gasteiger partial charge on any atom is 0.322 e. The first kappa shape index (κ1) is 13.6. The number of carbonyl (C=O) groups excluding carboxylic acids is 1. The first-order chi connectivity index (χ1) is 9.65. The molecule has 2 aromatic rings. The maximum atomic E-state index is 11.6. The van der Waals surface area contributed by atoms with E-state index >= 15 is 0 Å². The number of carboxylic acid groups (broad SMARTS) is 1. The lowest BCUT2D eigenvalue weighted by atomic mass is 10.2. The van der Waals surface area contributed by atoms with Gasteiger partial charge in [-0.1, -0.05) is 18.2 Å². The lowest BCUT2D eigenvalue weighted by Crippen LogP contribution is -2.29. The number of ether oxygens (including phenoxy) is 1. The summed E-state index contributed by atoms with van der Waals surface area (Å²) in [6, 6.07) is 15.7. The van der Waals surface area contributed by atoms with Crippen LogP contribution in [0.25, 0.3) is 0 Å². The summed E-state index contributed by atoms with van der Waals surface area (Å²) < 4.78 is 5.59. The fraction of sp³-hybridized carbons (Fsp3) is 0.0667. The van der Waals surface area contributed by atoms with Crippen molar-refractivity contribution in [1.82, 2.24) is 5.32 Å². The Hall–Kier alpha value is -2.82. The number of carbonyl (C=O) groups is 2. The molecule has 5 heteroatoms. The Morgan fingerprint density at radius 2 is 1.55 bits per heavy atom. The fourth-order valence-corrected chi connectivity index (χ4v) is 1.56. The predicted octanol–water partition coefficient (Wildman–Crippen LogP) is 2.29. The number of hydrogen-bond donors (Lipinski definition) is 2. The molecule has 0 fully saturated rings. The standard InChI is InChI=1S/C15H13NO4/c17-14(18)10-16-15(19)11-6-8-13(9-7-11)20-12-4-2-1-3-5-12/h1-9H,10H2,(H,16,19)(H,17,18). The van der Waals surface area contributed by atoms with Crippen LogP contribution in [0.5, 0.6) is 11.5 Å². The molecule has 0 radical (unpaired) electrons. The van der Waals surface area contributed by atoms with Gasteiger partial charge in [0, 0.05) is 5.56 Å². The number of carboxylic acids is 1. The summed E-state index contributed by atoms with van der Waals surface area (Å²) in [4.78, 5) is 22.0. The topological polar surface area (TPSA) is 75.6 Å². The highest BCUT2D eigenvalue weighted by atomic mass is 16.5. The predicted molar refractivity (Wildman–Crippen MR) is 72.9 cm³/mol. The Balaban J connectivity index is 1.99. The number of hydrogen-bond acceptors (Lipinski definition) is 3. The summed E-state index contributed by atoms with van der Waals surface area (Å²) >= 11 is 0. The molecule has 1 amide bonds. The summed E-state index contributed by atoms with van der Waals surface area (Å²) in [5.41, 5.74) is 0.381. The second-order valence-corrected chi connectivity index (χ2v) is 4.02. The molecule has 0 heterocycles. The average Bonchev–Trinajstić information content (AvgIpc) is 2.46. The number of aliphatic carboxylic acids is 1. The van der Waals surface area contributed by atoms with Gasteiger partial charge in [-0.25, -0.2) is 0 Å². The van der Waals surface area contributed by atoms with E-state index in [0.29, 0.717) is 17.1 Å². The molecule has 0 spiro atoms. The van der Waals surface area contributed by atoms with Crippen LogP contribution < -0.4 is 10.1 Å². The van der Waals surface area contributed by atoms with Crippen LogP contribution in [0.2, 0.25) is 0 Å². The molecule has 0 aliphatic rings. The largest absolute Gasteiger partial charge is 0.480 e. The van der Waals surface area contributed by atoms with E-state index in [0.717, 1.165) is 0 Å². The van der Waals surface area contributed by atoms with Crippen molar-refractivity contribution in [2.75, 3.05) is 6.54 Å². The van der Waals surface area contributed by atoms with Gasteiger partial charge in [0.2, 0.25) is 0 Å². The average molecular weight is 271 g/mol. The zero-order valence-corrected chi connectivity index (χ0v) is 10.6. The number of rotatable bonds is 5. The number of amides is 1. The van der Waals surface area contributed by atoms with Crippen LogP contribution >= 0.6 is 0 Å². The molecule has 2 aromatic carbocycles. The molecular formula is C15H13NO4. The van der Waals surface area contributed by atoms with Crippen LogP contribution in [-0.2, 0) is 4.79 Å². The highest BCUT2D eigenvalue weighted by Gasteiger charge is 2.07. The minimum atomic E-state index is -1.08. The first-order valence-corrected chi connectivity index (χ1v) is 5.98. The van der Waals surface area contributed by atoms with Crippen LogP contribution in [0.1, 0.15) is 10.4 Å². The molecule has 0 aliphatic carbocycles. The highest BCUT2D eigenvalue weighted by molar-refractivity contribution is 5.95. The fourth-order valence-electron chi connectivity index (χ4n) is 1.56. The third-order valence-corrected chi connectivity index (χ3v) is 2.50. The summed E-state index contributed by atoms with van der Waals surface area (Å²) in [5, 5.41) is 10.8. The third-order valence-electron chi connectivity index (χ3n) is 2.50. The quantitative estimate of drug-likeness (QED) is 0.874. The van der Waals surface area contributed by atoms with E-state index in [1.54, 1.807) is 24.3 Å². The molecule has 0 aromatic heterocycles. The van der Waals surface area contributed by atoms with Crippen molar-refractivity contribution >= 4 is 11.9 Å². The molecule has 0 unspecified atom stereocenters. The molecule has 0 saturated carbocycles. The Morgan fingerprint density at radius 3 is 2.15 bits per heavy atom. The Morgan fingerprint density at radius 1 is 0.950 bits per heavy atom. The summed E-state index contributed by atoms with van der Waals surface area (Å²) in [6.07, 6.45) is 0. The van der Waals surface area contributed by atoms with E-state index in [4.69, 9.17) is 9.84 Å². The zero-order valence-electron chi connectivity index (χ0n) is 10.6. The number of nitrogens with one attached hydrogen (secondary N) is 1. The van der Waals surface area contributed by atoms with E-state index < -0.39 is 18.4 Å². The molecule has 0 bridgehead atoms. The van der Waals surface area contributed by atoms with Gasteiger partial charge in [0.05, 0.1) is 0 Å². The normalized spacial score (nSPS) is 9.80. The monoisotopic (exact) mass is 271 g/mol. The van der Waals surface area contributed by atoms with Gasteiger partial charge in [-0.15, -0.1) is 0 Å². The second-order valence-electron chi connectivity index (χ2n) is 4.02. The van der Waals surface area contributed by atoms with Crippen molar-refractivity contribution in [3.05, 3.63) is 60.2 Å². The van der Waals surface area contributed by atoms with Crippen molar-refractivity contribution in [3.63, 3.8) is 0 Å². The Bertz CT molecular complexity index is 593. The minimum Gasteiger partial charge on any atom is -0.480 e. The van der Waals surface area contributed by atoms with Crippen molar-refractivity contribution in [1.29, 1.82) is 0 Å². The van der Waals surface area contributed by atoms with Gasteiger partial charge in [-0.2, -0.15) is 0 Å². The van der Waals surface area contributed by atoms with Crippen LogP contribution in [0.15, 0.2) is 54.6 Å². The van der Waals surface area contributed by atoms with Gasteiger partial charge in [0.15, 0.2) is 0 Å². The highest BCUT2D eigenvalue weighted by Crippen LogP contribution is 2.20. The number of benzene rings is 2. The van der Waals surface area contributed by atoms with E-state index in [1.165, 1.54) is 0 Å². The lowest BCUT2D eigenvalue weighted by Gasteiger charge is -2.06. The van der Waals surface area contributed by atoms with Crippen molar-refractivity contribution < 1.29 is 19.4 Å². The molecule has 5 nitrogen and oxygen atoms in total. The molecule has 2 rings (SSSR count). The number of para-hydroxylation sites is 1. The molecule has 0 saturated heterocycles. The van der Waals surface area contributed by atoms with Gasteiger partial charge >= 0.3 is 5.97 Å². The van der Waals surface area contributed by atoms with Gasteiger partial charge in [0.1, 0.15) is 18.0 Å². The maximum absolute atomic E-state index is 11.6. The minimum absolute atomic E-state index is 0.381. The smallest absolute Gasteiger partial charge is 0.322 e. The summed E-state index contributed by atoms with van der Waals surface area (Å²) in [7, 11) is 0. The Labute approximate surface area is 115 Å². The molecule has 20 heavy (non-hydrogen) atoms. The van der Waals surface area contributed by atoms with Gasteiger partial charge in [-0.05, 0) is 36.4 Å². The van der Waals surface area contributed by atoms with Crippen LogP contribution in [0.3, 0.4) is 0 Å². The van der Waals surface area contributed by atoms with Crippen molar-refractivity contribution in [3.8, 4) is 11.5 Å². The van der Waals surface area contributed by atoms with E-state index in [1.807, 2.05) is 30.3 Å².